The third-order valence-corrected chi connectivity index (χ3v) is 3.56. The molecule has 3 nitrogen and oxygen atoms in total. The molecule has 88 valence electrons. The molecule has 2 unspecified atom stereocenters. The van der Waals surface area contributed by atoms with Crippen LogP contribution < -0.4 is 5.32 Å². The molecular weight excluding hydrogens is 222 g/mol. The summed E-state index contributed by atoms with van der Waals surface area (Å²) < 4.78 is 0. The lowest BCUT2D eigenvalue weighted by Crippen LogP contribution is -2.32. The number of hydrogen-bond donors (Lipinski definition) is 1. The van der Waals surface area contributed by atoms with Crippen LogP contribution in [-0.4, -0.2) is 16.0 Å². The first-order valence-corrected chi connectivity index (χ1v) is 6.41. The minimum absolute atomic E-state index is 0.528. The van der Waals surface area contributed by atoms with E-state index < -0.39 is 0 Å². The van der Waals surface area contributed by atoms with Crippen LogP contribution in [0.2, 0.25) is 5.02 Å². The summed E-state index contributed by atoms with van der Waals surface area (Å²) in [6, 6.07) is 0.528. The van der Waals surface area contributed by atoms with E-state index in [1.165, 1.54) is 32.1 Å². The van der Waals surface area contributed by atoms with E-state index in [1.807, 2.05) is 0 Å². The van der Waals surface area contributed by atoms with Gasteiger partial charge in [-0.15, -0.1) is 0 Å². The van der Waals surface area contributed by atoms with Gasteiger partial charge in [-0.1, -0.05) is 37.8 Å². The first kappa shape index (κ1) is 11.6. The number of halogens is 1. The molecule has 1 N–H and O–H groups in total. The Kier molecular flexibility index (Phi) is 3.99. The van der Waals surface area contributed by atoms with E-state index in [4.69, 9.17) is 11.6 Å². The van der Waals surface area contributed by atoms with E-state index in [1.54, 1.807) is 12.4 Å². The Morgan fingerprint density at radius 3 is 2.69 bits per heavy atom. The Bertz CT molecular complexity index is 326. The molecule has 0 bridgehead atoms. The van der Waals surface area contributed by atoms with Crippen molar-refractivity contribution in [1.29, 1.82) is 0 Å². The summed E-state index contributed by atoms with van der Waals surface area (Å²) in [6.45, 7) is 2.26. The smallest absolute Gasteiger partial charge is 0.222 e. The van der Waals surface area contributed by atoms with Crippen LogP contribution in [-0.2, 0) is 0 Å². The van der Waals surface area contributed by atoms with Crippen molar-refractivity contribution in [3.05, 3.63) is 17.4 Å². The fourth-order valence-electron chi connectivity index (χ4n) is 2.44. The van der Waals surface area contributed by atoms with Gasteiger partial charge in [0.15, 0.2) is 0 Å². The van der Waals surface area contributed by atoms with Crippen molar-refractivity contribution >= 4 is 17.5 Å². The molecule has 2 atom stereocenters. The summed E-state index contributed by atoms with van der Waals surface area (Å²) in [4.78, 5) is 8.37. The maximum Gasteiger partial charge on any atom is 0.222 e. The Balaban J connectivity index is 1.99. The fraction of sp³-hybridized carbons (Fsp3) is 0.667. The van der Waals surface area contributed by atoms with Gasteiger partial charge in [0.05, 0.1) is 17.4 Å². The highest BCUT2D eigenvalue weighted by Crippen LogP contribution is 2.28. The van der Waals surface area contributed by atoms with Crippen LogP contribution in [0.3, 0.4) is 0 Å². The Morgan fingerprint density at radius 1 is 1.31 bits per heavy atom. The summed E-state index contributed by atoms with van der Waals surface area (Å²) in [7, 11) is 0. The van der Waals surface area contributed by atoms with Crippen LogP contribution >= 0.6 is 11.6 Å². The van der Waals surface area contributed by atoms with Gasteiger partial charge < -0.3 is 5.32 Å². The minimum atomic E-state index is 0.528. The van der Waals surface area contributed by atoms with Crippen LogP contribution in [0.15, 0.2) is 12.4 Å². The summed E-state index contributed by atoms with van der Waals surface area (Å²) in [5.41, 5.74) is 0. The average molecular weight is 240 g/mol. The normalized spacial score (nSPS) is 25.4. The molecule has 1 aliphatic carbocycles. The van der Waals surface area contributed by atoms with Gasteiger partial charge in [0.2, 0.25) is 5.95 Å². The minimum Gasteiger partial charge on any atom is -0.351 e. The van der Waals surface area contributed by atoms with E-state index in [0.717, 1.165) is 5.92 Å². The number of nitrogens with one attached hydrogen (secondary N) is 1. The van der Waals surface area contributed by atoms with Crippen molar-refractivity contribution in [3.63, 3.8) is 0 Å². The van der Waals surface area contributed by atoms with Gasteiger partial charge >= 0.3 is 0 Å². The van der Waals surface area contributed by atoms with E-state index in [-0.39, 0.29) is 0 Å². The quantitative estimate of drug-likeness (QED) is 0.877. The monoisotopic (exact) mass is 239 g/mol. The molecule has 0 spiro atoms. The maximum absolute atomic E-state index is 5.76. The second kappa shape index (κ2) is 5.48. The molecule has 0 aliphatic heterocycles. The molecular formula is C12H18ClN3. The number of nitrogens with zero attached hydrogens (tertiary/aromatic N) is 2. The van der Waals surface area contributed by atoms with E-state index in [0.29, 0.717) is 17.0 Å². The van der Waals surface area contributed by atoms with Crippen molar-refractivity contribution in [1.82, 2.24) is 9.97 Å². The molecule has 0 saturated heterocycles. The molecule has 0 amide bonds. The van der Waals surface area contributed by atoms with Crippen LogP contribution in [0.5, 0.6) is 0 Å². The molecule has 0 radical (unpaired) electrons. The highest BCUT2D eigenvalue weighted by Gasteiger charge is 2.23. The number of anilines is 1. The lowest BCUT2D eigenvalue weighted by atomic mass is 9.83. The molecule has 16 heavy (non-hydrogen) atoms. The van der Waals surface area contributed by atoms with Crippen LogP contribution in [0.1, 0.15) is 39.0 Å². The van der Waals surface area contributed by atoms with Crippen molar-refractivity contribution in [3.8, 4) is 0 Å². The lowest BCUT2D eigenvalue weighted by molar-refractivity contribution is 0.316. The fourth-order valence-corrected chi connectivity index (χ4v) is 2.54. The molecule has 4 heteroatoms. The largest absolute Gasteiger partial charge is 0.351 e. The van der Waals surface area contributed by atoms with Crippen LogP contribution in [0, 0.1) is 5.92 Å². The molecule has 1 saturated carbocycles. The molecule has 1 aromatic heterocycles. The van der Waals surface area contributed by atoms with Gasteiger partial charge in [0, 0.05) is 6.04 Å². The Hall–Kier alpha value is -0.830. The van der Waals surface area contributed by atoms with Crippen LogP contribution in [0.25, 0.3) is 0 Å². The van der Waals surface area contributed by atoms with E-state index in [9.17, 15) is 0 Å². The van der Waals surface area contributed by atoms with Gasteiger partial charge in [0.1, 0.15) is 0 Å². The van der Waals surface area contributed by atoms with Crippen molar-refractivity contribution < 1.29 is 0 Å². The highest BCUT2D eigenvalue weighted by atomic mass is 35.5. The predicted molar refractivity (Wildman–Crippen MR) is 66.7 cm³/mol. The van der Waals surface area contributed by atoms with Crippen LogP contribution in [0.4, 0.5) is 5.95 Å². The van der Waals surface area contributed by atoms with Gasteiger partial charge in [-0.2, -0.15) is 0 Å². The molecule has 2 rings (SSSR count). The van der Waals surface area contributed by atoms with Gasteiger partial charge in [-0.05, 0) is 18.8 Å². The summed E-state index contributed by atoms with van der Waals surface area (Å²) in [5.74, 6) is 1.46. The molecule has 1 aromatic rings. The molecule has 0 aromatic carbocycles. The zero-order valence-electron chi connectivity index (χ0n) is 9.62. The first-order valence-electron chi connectivity index (χ1n) is 6.03. The topological polar surface area (TPSA) is 37.8 Å². The van der Waals surface area contributed by atoms with Gasteiger partial charge in [-0.25, -0.2) is 9.97 Å². The summed E-state index contributed by atoms with van der Waals surface area (Å²) in [6.07, 6.45) is 9.72. The third kappa shape index (κ3) is 2.85. The Labute approximate surface area is 102 Å². The van der Waals surface area contributed by atoms with Crippen molar-refractivity contribution in [2.45, 2.75) is 45.1 Å². The number of aromatic nitrogens is 2. The number of hydrogen-bond acceptors (Lipinski definition) is 3. The SMILES string of the molecule is CCC1CCCCC1Nc1ncc(Cl)cn1. The van der Waals surface area contributed by atoms with E-state index in [2.05, 4.69) is 22.2 Å². The van der Waals surface area contributed by atoms with Crippen molar-refractivity contribution in [2.24, 2.45) is 5.92 Å². The number of rotatable bonds is 3. The molecule has 1 aliphatic rings. The molecule has 1 heterocycles. The second-order valence-electron chi connectivity index (χ2n) is 4.43. The summed E-state index contributed by atoms with van der Waals surface area (Å²) in [5, 5.41) is 4.01. The average Bonchev–Trinajstić information content (AvgIpc) is 2.33. The predicted octanol–water partition coefficient (Wildman–Crippen LogP) is 3.51. The van der Waals surface area contributed by atoms with Gasteiger partial charge in [-0.3, -0.25) is 0 Å². The van der Waals surface area contributed by atoms with Gasteiger partial charge in [0.25, 0.3) is 0 Å². The summed E-state index contributed by atoms with van der Waals surface area (Å²) >= 11 is 5.76. The standard InChI is InChI=1S/C12H18ClN3/c1-2-9-5-3-4-6-11(9)16-12-14-7-10(13)8-15-12/h7-9,11H,2-6H2,1H3,(H,14,15,16). The second-order valence-corrected chi connectivity index (χ2v) is 4.86. The lowest BCUT2D eigenvalue weighted by Gasteiger charge is -2.31. The Morgan fingerprint density at radius 2 is 2.00 bits per heavy atom. The zero-order valence-corrected chi connectivity index (χ0v) is 10.4. The maximum atomic E-state index is 5.76. The first-order chi connectivity index (χ1) is 7.79. The highest BCUT2D eigenvalue weighted by molar-refractivity contribution is 6.30. The van der Waals surface area contributed by atoms with E-state index >= 15 is 0 Å². The molecule has 1 fully saturated rings. The van der Waals surface area contributed by atoms with Crippen molar-refractivity contribution in [2.75, 3.05) is 5.32 Å². The third-order valence-electron chi connectivity index (χ3n) is 3.37. The zero-order chi connectivity index (χ0) is 11.4.